The van der Waals surface area contributed by atoms with Gasteiger partial charge < -0.3 is 0 Å². The van der Waals surface area contributed by atoms with Gasteiger partial charge in [0.1, 0.15) is 5.15 Å². The number of hydrogen-bond donors (Lipinski definition) is 0. The van der Waals surface area contributed by atoms with Gasteiger partial charge in [-0.1, -0.05) is 25.4 Å². The molecule has 2 heterocycles. The zero-order chi connectivity index (χ0) is 11.7. The highest BCUT2D eigenvalue weighted by molar-refractivity contribution is 6.30. The average Bonchev–Trinajstić information content (AvgIpc) is 2.55. The smallest absolute Gasteiger partial charge is 0.177 e. The molecule has 0 fully saturated rings. The van der Waals surface area contributed by atoms with E-state index >= 15 is 0 Å². The summed E-state index contributed by atoms with van der Waals surface area (Å²) in [5, 5.41) is 12.8. The van der Waals surface area contributed by atoms with E-state index in [0.717, 1.165) is 11.3 Å². The molecule has 0 amide bonds. The Labute approximate surface area is 99.3 Å². The quantitative estimate of drug-likeness (QED) is 0.805. The summed E-state index contributed by atoms with van der Waals surface area (Å²) in [6.45, 7) is 6.14. The molecule has 0 bridgehead atoms. The second-order valence-corrected chi connectivity index (χ2v) is 4.30. The minimum absolute atomic E-state index is 0.345. The van der Waals surface area contributed by atoms with Gasteiger partial charge in [0.15, 0.2) is 5.82 Å². The molecule has 0 unspecified atom stereocenters. The molecule has 0 aliphatic carbocycles. The lowest BCUT2D eigenvalue weighted by Gasteiger charge is -2.04. The first-order chi connectivity index (χ1) is 7.61. The van der Waals surface area contributed by atoms with E-state index in [0.29, 0.717) is 16.9 Å². The predicted octanol–water partition coefficient (Wildman–Crippen LogP) is 2.75. The van der Waals surface area contributed by atoms with Crippen LogP contribution in [0.1, 0.15) is 31.0 Å². The lowest BCUT2D eigenvalue weighted by atomic mass is 10.1. The Morgan fingerprint density at radius 1 is 1.38 bits per heavy atom. The van der Waals surface area contributed by atoms with Crippen LogP contribution in [-0.4, -0.2) is 20.0 Å². The lowest BCUT2D eigenvalue weighted by molar-refractivity contribution is 0.804. The molecule has 2 rings (SSSR count). The van der Waals surface area contributed by atoms with Gasteiger partial charge in [-0.05, 0) is 25.0 Å². The van der Waals surface area contributed by atoms with Crippen LogP contribution in [0, 0.1) is 6.92 Å². The second-order valence-electron chi connectivity index (χ2n) is 3.94. The standard InChI is InChI=1S/C11H13ClN4/c1-7(2)10-8(3)15-16(11(10)12)9-5-4-6-13-14-9/h4-7H,1-3H3. The van der Waals surface area contributed by atoms with Crippen LogP contribution in [0.15, 0.2) is 18.3 Å². The molecule has 0 aliphatic heterocycles. The van der Waals surface area contributed by atoms with E-state index in [1.807, 2.05) is 19.1 Å². The number of hydrogen-bond acceptors (Lipinski definition) is 3. The second kappa shape index (κ2) is 4.22. The Morgan fingerprint density at radius 3 is 2.62 bits per heavy atom. The number of rotatable bonds is 2. The summed E-state index contributed by atoms with van der Waals surface area (Å²) in [6, 6.07) is 3.64. The van der Waals surface area contributed by atoms with Crippen molar-refractivity contribution in [2.45, 2.75) is 26.7 Å². The SMILES string of the molecule is Cc1nn(-c2cccnn2)c(Cl)c1C(C)C. The molecule has 2 aromatic rings. The molecule has 4 nitrogen and oxygen atoms in total. The molecule has 0 saturated heterocycles. The van der Waals surface area contributed by atoms with Crippen LogP contribution in [0.5, 0.6) is 0 Å². The van der Waals surface area contributed by atoms with E-state index in [-0.39, 0.29) is 0 Å². The van der Waals surface area contributed by atoms with Gasteiger partial charge in [0, 0.05) is 11.8 Å². The van der Waals surface area contributed by atoms with Crippen LogP contribution in [0.4, 0.5) is 0 Å². The van der Waals surface area contributed by atoms with Crippen LogP contribution in [0.25, 0.3) is 5.82 Å². The van der Waals surface area contributed by atoms with Crippen molar-refractivity contribution in [1.29, 1.82) is 0 Å². The number of aromatic nitrogens is 4. The highest BCUT2D eigenvalue weighted by Gasteiger charge is 2.17. The van der Waals surface area contributed by atoms with Gasteiger partial charge >= 0.3 is 0 Å². The van der Waals surface area contributed by atoms with E-state index in [9.17, 15) is 0 Å². The number of halogens is 1. The maximum atomic E-state index is 6.29. The monoisotopic (exact) mass is 236 g/mol. The fourth-order valence-corrected chi connectivity index (χ4v) is 2.20. The third kappa shape index (κ3) is 1.80. The first kappa shape index (κ1) is 11.1. The molecule has 0 aromatic carbocycles. The van der Waals surface area contributed by atoms with Gasteiger partial charge in [0.2, 0.25) is 0 Å². The van der Waals surface area contributed by atoms with Gasteiger partial charge in [0.05, 0.1) is 5.69 Å². The van der Waals surface area contributed by atoms with Crippen molar-refractivity contribution < 1.29 is 0 Å². The van der Waals surface area contributed by atoms with Gasteiger partial charge in [0.25, 0.3) is 0 Å². The maximum Gasteiger partial charge on any atom is 0.177 e. The van der Waals surface area contributed by atoms with Gasteiger partial charge in [-0.15, -0.1) is 5.10 Å². The molecule has 0 aliphatic rings. The van der Waals surface area contributed by atoms with Crippen molar-refractivity contribution in [2.24, 2.45) is 0 Å². The first-order valence-corrected chi connectivity index (χ1v) is 5.52. The van der Waals surface area contributed by atoms with Crippen LogP contribution < -0.4 is 0 Å². The van der Waals surface area contributed by atoms with Crippen LogP contribution in [-0.2, 0) is 0 Å². The van der Waals surface area contributed by atoms with E-state index in [2.05, 4.69) is 29.1 Å². The Hall–Kier alpha value is -1.42. The molecular weight excluding hydrogens is 224 g/mol. The predicted molar refractivity (Wildman–Crippen MR) is 63.0 cm³/mol. The summed E-state index contributed by atoms with van der Waals surface area (Å²) in [7, 11) is 0. The third-order valence-electron chi connectivity index (χ3n) is 2.40. The summed E-state index contributed by atoms with van der Waals surface area (Å²) >= 11 is 6.29. The summed E-state index contributed by atoms with van der Waals surface area (Å²) in [6.07, 6.45) is 1.62. The summed E-state index contributed by atoms with van der Waals surface area (Å²) in [4.78, 5) is 0. The molecule has 0 saturated carbocycles. The van der Waals surface area contributed by atoms with E-state index in [1.165, 1.54) is 0 Å². The van der Waals surface area contributed by atoms with Gasteiger partial charge in [-0.3, -0.25) is 0 Å². The fraction of sp³-hybridized carbons (Fsp3) is 0.364. The Bertz CT molecular complexity index is 490. The van der Waals surface area contributed by atoms with E-state index in [1.54, 1.807) is 10.9 Å². The number of aryl methyl sites for hydroxylation is 1. The highest BCUT2D eigenvalue weighted by Crippen LogP contribution is 2.28. The zero-order valence-corrected chi connectivity index (χ0v) is 10.2. The van der Waals surface area contributed by atoms with Crippen molar-refractivity contribution in [3.8, 4) is 5.82 Å². The highest BCUT2D eigenvalue weighted by atomic mass is 35.5. The van der Waals surface area contributed by atoms with Gasteiger partial charge in [-0.2, -0.15) is 10.2 Å². The molecule has 0 N–H and O–H groups in total. The molecule has 0 radical (unpaired) electrons. The molecule has 0 spiro atoms. The fourth-order valence-electron chi connectivity index (χ4n) is 1.73. The van der Waals surface area contributed by atoms with Crippen molar-refractivity contribution in [3.05, 3.63) is 34.7 Å². The number of nitrogens with zero attached hydrogens (tertiary/aromatic N) is 4. The molecular formula is C11H13ClN4. The summed E-state index contributed by atoms with van der Waals surface area (Å²) in [5.41, 5.74) is 2.00. The van der Waals surface area contributed by atoms with Crippen molar-refractivity contribution in [2.75, 3.05) is 0 Å². The topological polar surface area (TPSA) is 43.6 Å². The van der Waals surface area contributed by atoms with E-state index < -0.39 is 0 Å². The van der Waals surface area contributed by atoms with Crippen molar-refractivity contribution in [1.82, 2.24) is 20.0 Å². The van der Waals surface area contributed by atoms with Crippen LogP contribution in [0.3, 0.4) is 0 Å². The molecule has 16 heavy (non-hydrogen) atoms. The minimum atomic E-state index is 0.345. The average molecular weight is 237 g/mol. The largest absolute Gasteiger partial charge is 0.201 e. The Morgan fingerprint density at radius 2 is 2.12 bits per heavy atom. The molecule has 5 heteroatoms. The third-order valence-corrected chi connectivity index (χ3v) is 2.76. The maximum absolute atomic E-state index is 6.29. The van der Waals surface area contributed by atoms with Crippen LogP contribution in [0.2, 0.25) is 5.15 Å². The minimum Gasteiger partial charge on any atom is -0.201 e. The van der Waals surface area contributed by atoms with Crippen molar-refractivity contribution in [3.63, 3.8) is 0 Å². The summed E-state index contributed by atoms with van der Waals surface area (Å²) < 4.78 is 1.62. The molecule has 2 aromatic heterocycles. The lowest BCUT2D eigenvalue weighted by Crippen LogP contribution is -2.00. The van der Waals surface area contributed by atoms with Crippen LogP contribution >= 0.6 is 11.6 Å². The Kier molecular flexibility index (Phi) is 2.92. The first-order valence-electron chi connectivity index (χ1n) is 5.14. The van der Waals surface area contributed by atoms with Crippen molar-refractivity contribution >= 4 is 11.6 Å². The van der Waals surface area contributed by atoms with E-state index in [4.69, 9.17) is 11.6 Å². The Balaban J connectivity index is 2.56. The molecule has 0 atom stereocenters. The zero-order valence-electron chi connectivity index (χ0n) is 9.48. The normalized spacial score (nSPS) is 11.1. The van der Waals surface area contributed by atoms with Gasteiger partial charge in [-0.25, -0.2) is 4.68 Å². The molecule has 84 valence electrons. The summed E-state index contributed by atoms with van der Waals surface area (Å²) in [5.74, 6) is 0.987.